The van der Waals surface area contributed by atoms with Crippen LogP contribution in [0.5, 0.6) is 0 Å². The fourth-order valence-electron chi connectivity index (χ4n) is 1.39. The lowest BCUT2D eigenvalue weighted by Gasteiger charge is -2.02. The molecule has 0 amide bonds. The summed E-state index contributed by atoms with van der Waals surface area (Å²) in [6, 6.07) is 8.62. The number of thioether (sulfide) groups is 2. The Kier molecular flexibility index (Phi) is 4.16. The summed E-state index contributed by atoms with van der Waals surface area (Å²) in [6.07, 6.45) is 0. The molecule has 0 spiro atoms. The van der Waals surface area contributed by atoms with Crippen molar-refractivity contribution in [3.63, 3.8) is 0 Å². The third-order valence-electron chi connectivity index (χ3n) is 2.20. The van der Waals surface area contributed by atoms with E-state index in [1.54, 1.807) is 47.8 Å². The van der Waals surface area contributed by atoms with Crippen LogP contribution in [0.25, 0.3) is 0 Å². The van der Waals surface area contributed by atoms with Crippen molar-refractivity contribution in [1.29, 1.82) is 5.26 Å². The average Bonchev–Trinajstić information content (AvgIpc) is 2.84. The number of halogens is 1. The van der Waals surface area contributed by atoms with E-state index in [2.05, 4.69) is 0 Å². The quantitative estimate of drug-likeness (QED) is 0.470. The van der Waals surface area contributed by atoms with Crippen LogP contribution in [0.3, 0.4) is 0 Å². The molecule has 0 bridgehead atoms. The molecule has 0 aliphatic carbocycles. The first-order chi connectivity index (χ1) is 8.22. The molecule has 1 aromatic carbocycles. The number of hydrogen-bond acceptors (Lipinski definition) is 4. The van der Waals surface area contributed by atoms with Crippen LogP contribution in [0.1, 0.15) is 10.4 Å². The number of allylic oxidation sites excluding steroid dienone is 1. The molecule has 0 radical (unpaired) electrons. The molecule has 17 heavy (non-hydrogen) atoms. The first kappa shape index (κ1) is 12.6. The van der Waals surface area contributed by atoms with E-state index < -0.39 is 0 Å². The van der Waals surface area contributed by atoms with Gasteiger partial charge in [-0.15, -0.1) is 23.5 Å². The van der Waals surface area contributed by atoms with E-state index in [4.69, 9.17) is 16.9 Å². The van der Waals surface area contributed by atoms with Crippen molar-refractivity contribution in [2.75, 3.05) is 11.5 Å². The molecule has 0 saturated carbocycles. The van der Waals surface area contributed by atoms with Crippen molar-refractivity contribution in [2.45, 2.75) is 0 Å². The molecule has 0 N–H and O–H groups in total. The summed E-state index contributed by atoms with van der Waals surface area (Å²) in [7, 11) is 0. The Morgan fingerprint density at radius 1 is 1.24 bits per heavy atom. The van der Waals surface area contributed by atoms with Gasteiger partial charge in [-0.2, -0.15) is 5.26 Å². The molecular weight excluding hydrogens is 274 g/mol. The molecule has 1 aromatic rings. The molecule has 1 saturated heterocycles. The maximum atomic E-state index is 12.1. The SMILES string of the molecule is N#CC(C(=O)c1ccc(Cl)cc1)=C1SCCS1. The molecule has 5 heteroatoms. The van der Waals surface area contributed by atoms with Crippen molar-refractivity contribution in [3.8, 4) is 6.07 Å². The van der Waals surface area contributed by atoms with Crippen LogP contribution in [0, 0.1) is 11.3 Å². The maximum Gasteiger partial charge on any atom is 0.205 e. The number of Topliss-reactive ketones (excluding diaryl/α,β-unsaturated/α-hetero) is 1. The number of nitriles is 1. The number of carbonyl (C=O) groups excluding carboxylic acids is 1. The van der Waals surface area contributed by atoms with Gasteiger partial charge in [0.25, 0.3) is 0 Å². The van der Waals surface area contributed by atoms with Gasteiger partial charge in [0.15, 0.2) is 0 Å². The van der Waals surface area contributed by atoms with Gasteiger partial charge in [0.05, 0.1) is 4.24 Å². The summed E-state index contributed by atoms with van der Waals surface area (Å²) < 4.78 is 0.840. The molecule has 0 atom stereocenters. The molecular formula is C12H8ClNOS2. The molecule has 2 nitrogen and oxygen atoms in total. The van der Waals surface area contributed by atoms with Crippen molar-refractivity contribution in [2.24, 2.45) is 0 Å². The number of ketones is 1. The fraction of sp³-hybridized carbons (Fsp3) is 0.167. The zero-order valence-electron chi connectivity index (χ0n) is 8.77. The molecule has 1 fully saturated rings. The Morgan fingerprint density at radius 3 is 2.35 bits per heavy atom. The molecule has 0 unspecified atom stereocenters. The standard InChI is InChI=1S/C12H8ClNOS2/c13-9-3-1-8(2-4-9)11(15)10(7-14)12-16-5-6-17-12/h1-4H,5-6H2. The van der Waals surface area contributed by atoms with Crippen LogP contribution >= 0.6 is 35.1 Å². The lowest BCUT2D eigenvalue weighted by Crippen LogP contribution is -2.02. The Hall–Kier alpha value is -0.890. The third kappa shape index (κ3) is 2.86. The van der Waals surface area contributed by atoms with Crippen LogP contribution in [0.4, 0.5) is 0 Å². The highest BCUT2D eigenvalue weighted by Crippen LogP contribution is 2.39. The highest BCUT2D eigenvalue weighted by atomic mass is 35.5. The van der Waals surface area contributed by atoms with Crippen LogP contribution in [0.2, 0.25) is 5.02 Å². The molecule has 1 aliphatic rings. The van der Waals surface area contributed by atoms with Gasteiger partial charge >= 0.3 is 0 Å². The number of rotatable bonds is 2. The van der Waals surface area contributed by atoms with E-state index in [9.17, 15) is 4.79 Å². The second-order valence-corrected chi connectivity index (χ2v) is 6.21. The monoisotopic (exact) mass is 281 g/mol. The predicted molar refractivity (Wildman–Crippen MR) is 73.3 cm³/mol. The number of nitrogens with zero attached hydrogens (tertiary/aromatic N) is 1. The van der Waals surface area contributed by atoms with Crippen LogP contribution < -0.4 is 0 Å². The van der Waals surface area contributed by atoms with Crippen LogP contribution in [-0.2, 0) is 0 Å². The van der Waals surface area contributed by atoms with E-state index in [-0.39, 0.29) is 11.4 Å². The molecule has 86 valence electrons. The average molecular weight is 282 g/mol. The van der Waals surface area contributed by atoms with E-state index >= 15 is 0 Å². The van der Waals surface area contributed by atoms with Gasteiger partial charge in [-0.1, -0.05) is 11.6 Å². The minimum atomic E-state index is -0.221. The van der Waals surface area contributed by atoms with Crippen molar-refractivity contribution in [1.82, 2.24) is 0 Å². The zero-order chi connectivity index (χ0) is 12.3. The Morgan fingerprint density at radius 2 is 1.82 bits per heavy atom. The fourth-order valence-corrected chi connectivity index (χ4v) is 3.95. The van der Waals surface area contributed by atoms with Crippen LogP contribution in [0.15, 0.2) is 34.1 Å². The Balaban J connectivity index is 2.33. The molecule has 1 heterocycles. The van der Waals surface area contributed by atoms with Gasteiger partial charge in [0, 0.05) is 22.1 Å². The molecule has 1 aliphatic heterocycles. The number of hydrogen-bond donors (Lipinski definition) is 0. The molecule has 2 rings (SSSR count). The minimum absolute atomic E-state index is 0.221. The predicted octanol–water partition coefficient (Wildman–Crippen LogP) is 3.74. The summed E-state index contributed by atoms with van der Waals surface area (Å²) in [5.41, 5.74) is 0.756. The lowest BCUT2D eigenvalue weighted by atomic mass is 10.1. The van der Waals surface area contributed by atoms with Gasteiger partial charge in [-0.05, 0) is 24.3 Å². The Labute approximate surface area is 113 Å². The smallest absolute Gasteiger partial charge is 0.205 e. The third-order valence-corrected chi connectivity index (χ3v) is 5.17. The topological polar surface area (TPSA) is 40.9 Å². The summed E-state index contributed by atoms with van der Waals surface area (Å²) in [5.74, 6) is 1.69. The second-order valence-electron chi connectivity index (χ2n) is 3.31. The van der Waals surface area contributed by atoms with E-state index in [0.717, 1.165) is 15.7 Å². The lowest BCUT2D eigenvalue weighted by molar-refractivity contribution is 0.103. The van der Waals surface area contributed by atoms with E-state index in [0.29, 0.717) is 10.6 Å². The highest BCUT2D eigenvalue weighted by molar-refractivity contribution is 8.25. The maximum absolute atomic E-state index is 12.1. The summed E-state index contributed by atoms with van der Waals surface area (Å²) >= 11 is 8.91. The Bertz CT molecular complexity index is 508. The van der Waals surface area contributed by atoms with Crippen LogP contribution in [-0.4, -0.2) is 17.3 Å². The van der Waals surface area contributed by atoms with Gasteiger partial charge in [0.1, 0.15) is 11.6 Å². The zero-order valence-corrected chi connectivity index (χ0v) is 11.2. The normalized spacial score (nSPS) is 14.5. The highest BCUT2D eigenvalue weighted by Gasteiger charge is 2.20. The largest absolute Gasteiger partial charge is 0.288 e. The van der Waals surface area contributed by atoms with Gasteiger partial charge in [-0.25, -0.2) is 0 Å². The number of carbonyl (C=O) groups is 1. The first-order valence-electron chi connectivity index (χ1n) is 4.92. The second kappa shape index (κ2) is 5.63. The summed E-state index contributed by atoms with van der Waals surface area (Å²) in [6.45, 7) is 0. The summed E-state index contributed by atoms with van der Waals surface area (Å²) in [5, 5.41) is 9.67. The minimum Gasteiger partial charge on any atom is -0.288 e. The van der Waals surface area contributed by atoms with Crippen molar-refractivity contribution < 1.29 is 4.79 Å². The van der Waals surface area contributed by atoms with Crippen molar-refractivity contribution in [3.05, 3.63) is 44.7 Å². The summed E-state index contributed by atoms with van der Waals surface area (Å²) in [4.78, 5) is 12.1. The first-order valence-corrected chi connectivity index (χ1v) is 7.27. The van der Waals surface area contributed by atoms with Gasteiger partial charge in [-0.3, -0.25) is 4.79 Å². The number of benzene rings is 1. The van der Waals surface area contributed by atoms with E-state index in [1.807, 2.05) is 6.07 Å². The van der Waals surface area contributed by atoms with Crippen molar-refractivity contribution >= 4 is 40.9 Å². The van der Waals surface area contributed by atoms with Gasteiger partial charge < -0.3 is 0 Å². The molecule has 0 aromatic heterocycles. The van der Waals surface area contributed by atoms with E-state index in [1.165, 1.54) is 0 Å². The van der Waals surface area contributed by atoms with Gasteiger partial charge in [0.2, 0.25) is 5.78 Å².